The Morgan fingerprint density at radius 1 is 1.28 bits per heavy atom. The van der Waals surface area contributed by atoms with Gasteiger partial charge in [0.1, 0.15) is 0 Å². The minimum atomic E-state index is -0.219. The minimum Gasteiger partial charge on any atom is -0.319 e. The van der Waals surface area contributed by atoms with Gasteiger partial charge in [0.2, 0.25) is 0 Å². The quantitative estimate of drug-likeness (QED) is 0.750. The van der Waals surface area contributed by atoms with E-state index in [0.29, 0.717) is 27.8 Å². The molecule has 0 aliphatic rings. The average molecular weight is 378 g/mol. The first kappa shape index (κ1) is 17.5. The number of hydrogen-bond donors (Lipinski definition) is 1. The number of benzene rings is 1. The summed E-state index contributed by atoms with van der Waals surface area (Å²) in [6.45, 7) is 4.25. The maximum Gasteiger partial charge on any atom is 0.258 e. The molecule has 3 rings (SSSR count). The fraction of sp³-hybridized carbons (Fsp3) is 0.235. The van der Waals surface area contributed by atoms with Gasteiger partial charge in [-0.1, -0.05) is 29.3 Å². The number of halogens is 2. The lowest BCUT2D eigenvalue weighted by molar-refractivity contribution is 0.102. The van der Waals surface area contributed by atoms with Crippen LogP contribution in [0, 0.1) is 13.8 Å². The van der Waals surface area contributed by atoms with E-state index in [1.165, 1.54) is 6.20 Å². The molecule has 0 spiro atoms. The predicted molar refractivity (Wildman–Crippen MR) is 98.4 cm³/mol. The lowest BCUT2D eigenvalue weighted by atomic mass is 10.2. The molecule has 2 heterocycles. The van der Waals surface area contributed by atoms with Crippen LogP contribution in [0.4, 0.5) is 5.69 Å². The lowest BCUT2D eigenvalue weighted by Crippen LogP contribution is -2.12. The van der Waals surface area contributed by atoms with Crippen molar-refractivity contribution < 1.29 is 4.79 Å². The summed E-state index contributed by atoms with van der Waals surface area (Å²) in [6, 6.07) is 5.36. The molecule has 0 bridgehead atoms. The predicted octanol–water partition coefficient (Wildman–Crippen LogP) is 3.84. The third kappa shape index (κ3) is 3.70. The minimum absolute atomic E-state index is 0.219. The molecule has 0 saturated carbocycles. The van der Waals surface area contributed by atoms with Gasteiger partial charge in [-0.3, -0.25) is 14.2 Å². The van der Waals surface area contributed by atoms with E-state index in [-0.39, 0.29) is 5.91 Å². The third-order valence-corrected chi connectivity index (χ3v) is 4.51. The number of carbonyl (C=O) groups excluding carboxylic acids is 1. The van der Waals surface area contributed by atoms with Crippen LogP contribution in [-0.4, -0.2) is 25.5 Å². The molecule has 1 amide bonds. The number of aryl methyl sites for hydroxylation is 2. The van der Waals surface area contributed by atoms with E-state index in [9.17, 15) is 4.79 Å². The first-order valence-corrected chi connectivity index (χ1v) is 8.38. The van der Waals surface area contributed by atoms with Crippen LogP contribution in [0.1, 0.15) is 27.3 Å². The van der Waals surface area contributed by atoms with Crippen molar-refractivity contribution in [2.75, 3.05) is 5.32 Å². The molecular weight excluding hydrogens is 361 g/mol. The second-order valence-corrected chi connectivity index (χ2v) is 6.64. The van der Waals surface area contributed by atoms with E-state index >= 15 is 0 Å². The molecule has 3 aromatic rings. The molecule has 0 aliphatic carbocycles. The number of rotatable bonds is 4. The van der Waals surface area contributed by atoms with Gasteiger partial charge in [-0.2, -0.15) is 10.2 Å². The van der Waals surface area contributed by atoms with Crippen LogP contribution in [0.15, 0.2) is 30.6 Å². The van der Waals surface area contributed by atoms with Crippen LogP contribution < -0.4 is 5.32 Å². The summed E-state index contributed by atoms with van der Waals surface area (Å²) in [4.78, 5) is 12.4. The fourth-order valence-electron chi connectivity index (χ4n) is 2.57. The molecule has 0 aliphatic heterocycles. The Balaban J connectivity index is 1.84. The molecular formula is C17H17Cl2N5O. The van der Waals surface area contributed by atoms with Crippen LogP contribution in [0.5, 0.6) is 0 Å². The van der Waals surface area contributed by atoms with E-state index in [0.717, 1.165) is 17.0 Å². The van der Waals surface area contributed by atoms with E-state index in [4.69, 9.17) is 23.2 Å². The molecule has 0 saturated heterocycles. The zero-order valence-electron chi connectivity index (χ0n) is 14.0. The maximum atomic E-state index is 12.4. The zero-order chi connectivity index (χ0) is 18.1. The van der Waals surface area contributed by atoms with Gasteiger partial charge >= 0.3 is 0 Å². The van der Waals surface area contributed by atoms with Gasteiger partial charge in [-0.25, -0.2) is 0 Å². The van der Waals surface area contributed by atoms with Crippen molar-refractivity contribution in [3.05, 3.63) is 63.2 Å². The SMILES string of the molecule is Cc1nn(Cc2ccc(Cl)cc2Cl)c(C)c1NC(=O)c1cnn(C)c1. The molecule has 130 valence electrons. The van der Waals surface area contributed by atoms with Crippen LogP contribution in [0.2, 0.25) is 10.0 Å². The van der Waals surface area contributed by atoms with Crippen LogP contribution >= 0.6 is 23.2 Å². The maximum absolute atomic E-state index is 12.4. The Morgan fingerprint density at radius 3 is 2.68 bits per heavy atom. The van der Waals surface area contributed by atoms with Gasteiger partial charge in [-0.15, -0.1) is 0 Å². The Bertz CT molecular complexity index is 945. The first-order valence-electron chi connectivity index (χ1n) is 7.63. The van der Waals surface area contributed by atoms with Crippen LogP contribution in [0.25, 0.3) is 0 Å². The van der Waals surface area contributed by atoms with Crippen molar-refractivity contribution in [1.82, 2.24) is 19.6 Å². The number of carbonyl (C=O) groups is 1. The monoisotopic (exact) mass is 377 g/mol. The van der Waals surface area contributed by atoms with E-state index in [1.807, 2.05) is 24.6 Å². The largest absolute Gasteiger partial charge is 0.319 e. The highest BCUT2D eigenvalue weighted by atomic mass is 35.5. The molecule has 1 N–H and O–H groups in total. The highest BCUT2D eigenvalue weighted by molar-refractivity contribution is 6.35. The van der Waals surface area contributed by atoms with Crippen molar-refractivity contribution in [2.24, 2.45) is 7.05 Å². The van der Waals surface area contributed by atoms with E-state index < -0.39 is 0 Å². The molecule has 2 aromatic heterocycles. The molecule has 25 heavy (non-hydrogen) atoms. The Labute approximate surface area is 155 Å². The van der Waals surface area contributed by atoms with Crippen molar-refractivity contribution in [2.45, 2.75) is 20.4 Å². The number of aromatic nitrogens is 4. The first-order chi connectivity index (χ1) is 11.8. The summed E-state index contributed by atoms with van der Waals surface area (Å²) < 4.78 is 3.39. The average Bonchev–Trinajstić information content (AvgIpc) is 3.09. The number of amides is 1. The third-order valence-electron chi connectivity index (χ3n) is 3.92. The summed E-state index contributed by atoms with van der Waals surface area (Å²) in [5.74, 6) is -0.219. The van der Waals surface area contributed by atoms with Gasteiger partial charge in [-0.05, 0) is 31.5 Å². The second kappa shape index (κ2) is 6.90. The standard InChI is InChI=1S/C17H17Cl2N5O/c1-10-16(21-17(25)13-7-20-23(3)8-13)11(2)24(22-10)9-12-4-5-14(18)6-15(12)19/h4-8H,9H2,1-3H3,(H,21,25). The smallest absolute Gasteiger partial charge is 0.258 e. The molecule has 8 heteroatoms. The Hall–Kier alpha value is -2.31. The second-order valence-electron chi connectivity index (χ2n) is 5.80. The number of nitrogens with one attached hydrogen (secondary N) is 1. The zero-order valence-corrected chi connectivity index (χ0v) is 15.6. The van der Waals surface area contributed by atoms with Gasteiger partial charge in [0, 0.05) is 23.3 Å². The normalized spacial score (nSPS) is 10.9. The topological polar surface area (TPSA) is 64.7 Å². The van der Waals surface area contributed by atoms with Crippen LogP contribution in [0.3, 0.4) is 0 Å². The van der Waals surface area contributed by atoms with Crippen molar-refractivity contribution in [3.8, 4) is 0 Å². The van der Waals surface area contributed by atoms with E-state index in [1.54, 1.807) is 30.1 Å². The summed E-state index contributed by atoms with van der Waals surface area (Å²) in [6.07, 6.45) is 3.19. The Morgan fingerprint density at radius 2 is 2.04 bits per heavy atom. The molecule has 0 unspecified atom stereocenters. The van der Waals surface area contributed by atoms with Gasteiger partial charge < -0.3 is 5.32 Å². The van der Waals surface area contributed by atoms with Crippen molar-refractivity contribution in [3.63, 3.8) is 0 Å². The molecule has 0 radical (unpaired) electrons. The van der Waals surface area contributed by atoms with Gasteiger partial charge in [0.25, 0.3) is 5.91 Å². The summed E-state index contributed by atoms with van der Waals surface area (Å²) in [5, 5.41) is 12.6. The Kier molecular flexibility index (Phi) is 4.83. The summed E-state index contributed by atoms with van der Waals surface area (Å²) >= 11 is 12.2. The molecule has 1 aromatic carbocycles. The highest BCUT2D eigenvalue weighted by Crippen LogP contribution is 2.25. The number of anilines is 1. The lowest BCUT2D eigenvalue weighted by Gasteiger charge is -2.08. The summed E-state index contributed by atoms with van der Waals surface area (Å²) in [5.41, 5.74) is 3.68. The van der Waals surface area contributed by atoms with E-state index in [2.05, 4.69) is 15.5 Å². The molecule has 0 atom stereocenters. The van der Waals surface area contributed by atoms with Crippen LogP contribution in [-0.2, 0) is 13.6 Å². The highest BCUT2D eigenvalue weighted by Gasteiger charge is 2.17. The summed E-state index contributed by atoms with van der Waals surface area (Å²) in [7, 11) is 1.77. The molecule has 6 nitrogen and oxygen atoms in total. The van der Waals surface area contributed by atoms with Gasteiger partial charge in [0.15, 0.2) is 0 Å². The molecule has 0 fully saturated rings. The number of nitrogens with zero attached hydrogens (tertiary/aromatic N) is 4. The fourth-order valence-corrected chi connectivity index (χ4v) is 3.04. The van der Waals surface area contributed by atoms with Crippen molar-refractivity contribution in [1.29, 1.82) is 0 Å². The number of hydrogen-bond acceptors (Lipinski definition) is 3. The van der Waals surface area contributed by atoms with Gasteiger partial charge in [0.05, 0.1) is 35.4 Å². The van der Waals surface area contributed by atoms with Crippen molar-refractivity contribution >= 4 is 34.8 Å².